The molecule has 0 radical (unpaired) electrons. The van der Waals surface area contributed by atoms with E-state index in [4.69, 9.17) is 14.7 Å². The Kier molecular flexibility index (Phi) is 5.79. The van der Waals surface area contributed by atoms with Gasteiger partial charge in [0.1, 0.15) is 5.75 Å². The van der Waals surface area contributed by atoms with E-state index in [9.17, 15) is 15.0 Å². The first-order chi connectivity index (χ1) is 12.0. The summed E-state index contributed by atoms with van der Waals surface area (Å²) in [6, 6.07) is 11.0. The van der Waals surface area contributed by atoms with Crippen molar-refractivity contribution in [2.75, 3.05) is 13.7 Å². The van der Waals surface area contributed by atoms with Crippen molar-refractivity contribution in [1.82, 2.24) is 5.43 Å². The molecule has 1 amide bonds. The van der Waals surface area contributed by atoms with Gasteiger partial charge in [-0.05, 0) is 36.4 Å². The van der Waals surface area contributed by atoms with Crippen molar-refractivity contribution in [1.29, 1.82) is 5.26 Å². The van der Waals surface area contributed by atoms with Gasteiger partial charge in [0, 0.05) is 5.56 Å². The van der Waals surface area contributed by atoms with E-state index in [-0.39, 0.29) is 23.9 Å². The van der Waals surface area contributed by atoms with Crippen LogP contribution in [0.15, 0.2) is 41.5 Å². The molecule has 2 rings (SSSR count). The third-order valence-electron chi connectivity index (χ3n) is 3.05. The van der Waals surface area contributed by atoms with Gasteiger partial charge in [-0.3, -0.25) is 4.79 Å². The number of carbonyl (C=O) groups excluding carboxylic acids is 1. The van der Waals surface area contributed by atoms with Gasteiger partial charge in [-0.1, -0.05) is 0 Å². The number of rotatable bonds is 6. The second-order valence-corrected chi connectivity index (χ2v) is 4.81. The number of hydrogen-bond donors (Lipinski definition) is 3. The maximum atomic E-state index is 11.7. The van der Waals surface area contributed by atoms with Crippen molar-refractivity contribution in [3.05, 3.63) is 47.5 Å². The topological polar surface area (TPSA) is 124 Å². The summed E-state index contributed by atoms with van der Waals surface area (Å²) in [6.45, 7) is -0.257. The van der Waals surface area contributed by atoms with Crippen molar-refractivity contribution < 1.29 is 24.5 Å². The van der Waals surface area contributed by atoms with Crippen molar-refractivity contribution >= 4 is 12.1 Å². The monoisotopic (exact) mass is 341 g/mol. The minimum atomic E-state index is -0.490. The van der Waals surface area contributed by atoms with Crippen LogP contribution >= 0.6 is 0 Å². The van der Waals surface area contributed by atoms with Gasteiger partial charge in [-0.2, -0.15) is 10.4 Å². The Morgan fingerprint density at radius 3 is 2.68 bits per heavy atom. The zero-order valence-electron chi connectivity index (χ0n) is 13.3. The van der Waals surface area contributed by atoms with Gasteiger partial charge in [-0.15, -0.1) is 0 Å². The molecule has 25 heavy (non-hydrogen) atoms. The smallest absolute Gasteiger partial charge is 0.277 e. The van der Waals surface area contributed by atoms with Crippen LogP contribution < -0.4 is 14.9 Å². The number of nitrogens with one attached hydrogen (secondary N) is 1. The van der Waals surface area contributed by atoms with Crippen molar-refractivity contribution in [3.63, 3.8) is 0 Å². The van der Waals surface area contributed by atoms with Gasteiger partial charge >= 0.3 is 0 Å². The number of hydrazone groups is 1. The average molecular weight is 341 g/mol. The zero-order chi connectivity index (χ0) is 18.2. The highest BCUT2D eigenvalue weighted by Crippen LogP contribution is 2.35. The Bertz CT molecular complexity index is 825. The van der Waals surface area contributed by atoms with Gasteiger partial charge in [0.2, 0.25) is 5.75 Å². The van der Waals surface area contributed by atoms with Crippen molar-refractivity contribution in [2.45, 2.75) is 0 Å². The Labute approximate surface area is 143 Å². The molecule has 0 heterocycles. The summed E-state index contributed by atoms with van der Waals surface area (Å²) in [6.07, 6.45) is 1.28. The number of ether oxygens (including phenoxy) is 2. The predicted octanol–water partition coefficient (Wildman–Crippen LogP) is 1.51. The van der Waals surface area contributed by atoms with E-state index in [1.807, 2.05) is 6.07 Å². The molecule has 3 N–H and O–H groups in total. The lowest BCUT2D eigenvalue weighted by Crippen LogP contribution is -2.24. The first-order valence-electron chi connectivity index (χ1n) is 7.08. The molecule has 0 bridgehead atoms. The standard InChI is InChI=1S/C17H15N3O5/c1-24-15-7-12(6-14(21)17(15)23)9-19-20-16(22)10-25-13-4-2-11(8-18)3-5-13/h2-7,9,21,23H,10H2,1H3,(H,20,22)/b19-9+. The van der Waals surface area contributed by atoms with Crippen LogP contribution in [0.5, 0.6) is 23.0 Å². The summed E-state index contributed by atoms with van der Waals surface area (Å²) in [7, 11) is 1.34. The largest absolute Gasteiger partial charge is 0.504 e. The van der Waals surface area contributed by atoms with E-state index in [0.717, 1.165) is 0 Å². The molecule has 0 saturated carbocycles. The average Bonchev–Trinajstić information content (AvgIpc) is 2.63. The summed E-state index contributed by atoms with van der Waals surface area (Å²) in [5.41, 5.74) is 3.18. The third kappa shape index (κ3) is 4.87. The molecule has 0 saturated heterocycles. The minimum Gasteiger partial charge on any atom is -0.504 e. The lowest BCUT2D eigenvalue weighted by Gasteiger charge is -2.06. The maximum Gasteiger partial charge on any atom is 0.277 e. The number of hydrogen-bond acceptors (Lipinski definition) is 7. The predicted molar refractivity (Wildman–Crippen MR) is 88.7 cm³/mol. The Hall–Kier alpha value is -3.73. The van der Waals surface area contributed by atoms with Crippen LogP contribution in [0.25, 0.3) is 0 Å². The zero-order valence-corrected chi connectivity index (χ0v) is 13.3. The Morgan fingerprint density at radius 1 is 1.32 bits per heavy atom. The lowest BCUT2D eigenvalue weighted by atomic mass is 10.2. The molecule has 0 aromatic heterocycles. The number of methoxy groups -OCH3 is 1. The second kappa shape index (κ2) is 8.21. The van der Waals surface area contributed by atoms with E-state index < -0.39 is 5.91 Å². The van der Waals surface area contributed by atoms with Gasteiger partial charge < -0.3 is 19.7 Å². The highest BCUT2D eigenvalue weighted by atomic mass is 16.5. The number of phenolic OH excluding ortho intramolecular Hbond substituents is 2. The number of benzene rings is 2. The van der Waals surface area contributed by atoms with Crippen LogP contribution in [0.3, 0.4) is 0 Å². The molecule has 2 aromatic carbocycles. The van der Waals surface area contributed by atoms with Gasteiger partial charge in [0.15, 0.2) is 18.1 Å². The van der Waals surface area contributed by atoms with Crippen LogP contribution in [-0.4, -0.2) is 36.1 Å². The molecule has 8 nitrogen and oxygen atoms in total. The molecule has 0 aliphatic rings. The van der Waals surface area contributed by atoms with Gasteiger partial charge in [0.05, 0.1) is 25.0 Å². The van der Waals surface area contributed by atoms with Gasteiger partial charge in [0.25, 0.3) is 5.91 Å². The van der Waals surface area contributed by atoms with E-state index in [1.165, 1.54) is 25.5 Å². The van der Waals surface area contributed by atoms with E-state index >= 15 is 0 Å². The lowest BCUT2D eigenvalue weighted by molar-refractivity contribution is -0.123. The molecule has 0 unspecified atom stereocenters. The van der Waals surface area contributed by atoms with E-state index in [0.29, 0.717) is 16.9 Å². The van der Waals surface area contributed by atoms with Crippen LogP contribution in [0.2, 0.25) is 0 Å². The number of amides is 1. The van der Waals surface area contributed by atoms with Gasteiger partial charge in [-0.25, -0.2) is 5.43 Å². The fourth-order valence-corrected chi connectivity index (χ4v) is 1.83. The molecule has 0 aliphatic carbocycles. The summed E-state index contributed by atoms with van der Waals surface area (Å²) in [5.74, 6) is -0.699. The van der Waals surface area contributed by atoms with Crippen molar-refractivity contribution in [2.24, 2.45) is 5.10 Å². The van der Waals surface area contributed by atoms with Crippen LogP contribution in [0.4, 0.5) is 0 Å². The first-order valence-corrected chi connectivity index (χ1v) is 7.08. The molecule has 0 aliphatic heterocycles. The van der Waals surface area contributed by atoms with Crippen LogP contribution in [0, 0.1) is 11.3 Å². The molecule has 0 fully saturated rings. The quantitative estimate of drug-likeness (QED) is 0.415. The van der Waals surface area contributed by atoms with E-state index in [2.05, 4.69) is 10.5 Å². The molecule has 128 valence electrons. The molecular formula is C17H15N3O5. The fraction of sp³-hybridized carbons (Fsp3) is 0.118. The number of phenols is 2. The van der Waals surface area contributed by atoms with Crippen molar-refractivity contribution in [3.8, 4) is 29.1 Å². The molecule has 0 atom stereocenters. The number of carbonyl (C=O) groups is 1. The number of nitriles is 1. The molecule has 2 aromatic rings. The number of nitrogens with zero attached hydrogens (tertiary/aromatic N) is 2. The summed E-state index contributed by atoms with van der Waals surface area (Å²) < 4.78 is 10.2. The van der Waals surface area contributed by atoms with E-state index in [1.54, 1.807) is 24.3 Å². The highest BCUT2D eigenvalue weighted by Gasteiger charge is 2.08. The Balaban J connectivity index is 1.88. The summed E-state index contributed by atoms with van der Waals surface area (Å²) >= 11 is 0. The Morgan fingerprint density at radius 2 is 2.04 bits per heavy atom. The fourth-order valence-electron chi connectivity index (χ4n) is 1.83. The molecule has 0 spiro atoms. The van der Waals surface area contributed by atoms with Crippen LogP contribution in [0.1, 0.15) is 11.1 Å². The summed E-state index contributed by atoms with van der Waals surface area (Å²) in [4.78, 5) is 11.7. The normalized spacial score (nSPS) is 10.2. The number of aromatic hydroxyl groups is 2. The third-order valence-corrected chi connectivity index (χ3v) is 3.05. The molecule has 8 heteroatoms. The second-order valence-electron chi connectivity index (χ2n) is 4.81. The maximum absolute atomic E-state index is 11.7. The first kappa shape index (κ1) is 17.6. The molecular weight excluding hydrogens is 326 g/mol. The summed E-state index contributed by atoms with van der Waals surface area (Å²) in [5, 5.41) is 31.5. The minimum absolute atomic E-state index is 0.0805. The highest BCUT2D eigenvalue weighted by molar-refractivity contribution is 5.84. The SMILES string of the molecule is COc1cc(/C=N/NC(=O)COc2ccc(C#N)cc2)cc(O)c1O. The van der Waals surface area contributed by atoms with Crippen LogP contribution in [-0.2, 0) is 4.79 Å².